The van der Waals surface area contributed by atoms with Crippen molar-refractivity contribution in [2.45, 2.75) is 50.3 Å². The van der Waals surface area contributed by atoms with Crippen molar-refractivity contribution in [2.24, 2.45) is 5.92 Å². The maximum absolute atomic E-state index is 10.4. The topological polar surface area (TPSA) is 63.0 Å². The molecule has 0 radical (unpaired) electrons. The summed E-state index contributed by atoms with van der Waals surface area (Å²) in [4.78, 5) is 8.83. The van der Waals surface area contributed by atoms with Crippen molar-refractivity contribution < 1.29 is 5.11 Å². The second-order valence-corrected chi connectivity index (χ2v) is 7.61. The van der Waals surface area contributed by atoms with Gasteiger partial charge in [0.2, 0.25) is 0 Å². The quantitative estimate of drug-likeness (QED) is 0.840. The maximum Gasteiger partial charge on any atom is 0.126 e. The molecule has 0 bridgehead atoms. The first-order chi connectivity index (χ1) is 11.2. The molecule has 2 aromatic rings. The Labute approximate surface area is 144 Å². The number of rotatable bonds is 5. The number of pyridine rings is 1. The first-order valence-electron chi connectivity index (χ1n) is 8.26. The number of hydrogen-bond acceptors (Lipinski definition) is 4. The fourth-order valence-electron chi connectivity index (χ4n) is 3.49. The third-order valence-electron chi connectivity index (χ3n) is 4.83. The van der Waals surface area contributed by atoms with Gasteiger partial charge in [-0.25, -0.2) is 9.97 Å². The van der Waals surface area contributed by atoms with Crippen LogP contribution in [0.2, 0.25) is 0 Å². The third kappa shape index (κ3) is 3.43. The van der Waals surface area contributed by atoms with E-state index in [0.29, 0.717) is 11.8 Å². The lowest BCUT2D eigenvalue weighted by atomic mass is 10.1. The normalized spacial score (nSPS) is 27.3. The lowest BCUT2D eigenvalue weighted by Gasteiger charge is -2.18. The van der Waals surface area contributed by atoms with E-state index in [1.54, 1.807) is 6.20 Å². The minimum absolute atomic E-state index is 0.0734. The van der Waals surface area contributed by atoms with E-state index < -0.39 is 0 Å². The van der Waals surface area contributed by atoms with Crippen molar-refractivity contribution in [3.8, 4) is 0 Å². The summed E-state index contributed by atoms with van der Waals surface area (Å²) in [5.74, 6) is 1.95. The fourth-order valence-corrected chi connectivity index (χ4v) is 4.03. The van der Waals surface area contributed by atoms with Gasteiger partial charge in [0, 0.05) is 29.3 Å². The number of aliphatic hydroxyl groups is 1. The number of imidazole rings is 1. The molecule has 2 fully saturated rings. The summed E-state index contributed by atoms with van der Waals surface area (Å²) in [5, 5.41) is 13.8. The summed E-state index contributed by atoms with van der Waals surface area (Å²) < 4.78 is 3.18. The van der Waals surface area contributed by atoms with Gasteiger partial charge in [0.05, 0.1) is 24.2 Å². The van der Waals surface area contributed by atoms with Crippen LogP contribution in [0.1, 0.15) is 37.3 Å². The lowest BCUT2D eigenvalue weighted by Crippen LogP contribution is -2.28. The van der Waals surface area contributed by atoms with Crippen LogP contribution in [0.5, 0.6) is 0 Å². The summed E-state index contributed by atoms with van der Waals surface area (Å²) in [5.41, 5.74) is 1.15. The lowest BCUT2D eigenvalue weighted by molar-refractivity contribution is 0.166. The van der Waals surface area contributed by atoms with Crippen molar-refractivity contribution >= 4 is 21.7 Å². The molecule has 122 valence electrons. The van der Waals surface area contributed by atoms with Crippen molar-refractivity contribution in [3.05, 3.63) is 41.0 Å². The molecule has 2 aromatic heterocycles. The number of halogens is 1. The molecule has 2 saturated carbocycles. The fraction of sp³-hybridized carbons (Fsp3) is 0.529. The maximum atomic E-state index is 10.4. The van der Waals surface area contributed by atoms with E-state index in [0.717, 1.165) is 35.4 Å². The van der Waals surface area contributed by atoms with E-state index in [2.05, 4.69) is 36.9 Å². The van der Waals surface area contributed by atoms with E-state index in [1.165, 1.54) is 12.8 Å². The predicted molar refractivity (Wildman–Crippen MR) is 92.3 cm³/mol. The van der Waals surface area contributed by atoms with Gasteiger partial charge in [-0.1, -0.05) is 0 Å². The number of anilines is 1. The zero-order valence-corrected chi connectivity index (χ0v) is 14.5. The van der Waals surface area contributed by atoms with Crippen molar-refractivity contribution in [3.63, 3.8) is 0 Å². The van der Waals surface area contributed by atoms with Crippen LogP contribution < -0.4 is 5.32 Å². The minimum atomic E-state index is -0.321. The molecule has 0 spiro atoms. The Bertz CT molecular complexity index is 671. The van der Waals surface area contributed by atoms with Crippen LogP contribution in [-0.4, -0.2) is 31.8 Å². The largest absolute Gasteiger partial charge is 0.391 e. The molecule has 0 aromatic carbocycles. The van der Waals surface area contributed by atoms with Crippen molar-refractivity contribution in [1.82, 2.24) is 14.5 Å². The van der Waals surface area contributed by atoms with Gasteiger partial charge < -0.3 is 15.0 Å². The summed E-state index contributed by atoms with van der Waals surface area (Å²) >= 11 is 3.59. The van der Waals surface area contributed by atoms with Crippen LogP contribution in [0.3, 0.4) is 0 Å². The van der Waals surface area contributed by atoms with Crippen LogP contribution in [0.15, 0.2) is 35.3 Å². The molecule has 3 atom stereocenters. The Kier molecular flexibility index (Phi) is 4.11. The minimum Gasteiger partial charge on any atom is -0.391 e. The monoisotopic (exact) mass is 376 g/mol. The second-order valence-electron chi connectivity index (χ2n) is 6.75. The van der Waals surface area contributed by atoms with Crippen LogP contribution in [0, 0.1) is 5.92 Å². The molecule has 4 rings (SSSR count). The Morgan fingerprint density at radius 2 is 2.17 bits per heavy atom. The van der Waals surface area contributed by atoms with Gasteiger partial charge in [-0.15, -0.1) is 0 Å². The van der Waals surface area contributed by atoms with Gasteiger partial charge in [-0.05, 0) is 59.7 Å². The highest BCUT2D eigenvalue weighted by Crippen LogP contribution is 2.42. The molecule has 2 aliphatic rings. The Hall–Kier alpha value is -1.40. The molecule has 2 N–H and O–H groups in total. The molecule has 6 heteroatoms. The zero-order chi connectivity index (χ0) is 15.8. The van der Waals surface area contributed by atoms with Gasteiger partial charge in [0.1, 0.15) is 5.82 Å². The first kappa shape index (κ1) is 15.1. The standard InChI is InChI=1S/C17H21BrN4O/c18-13-3-4-16(21-17(13)12-1-2-12)20-14-7-11(8-15(14)23)9-22-6-5-19-10-22/h3-6,10-12,14-15,23H,1-2,7-9H2,(H,20,21)/t11?,14-,15-/m1/s1. The van der Waals surface area contributed by atoms with E-state index in [4.69, 9.17) is 4.98 Å². The van der Waals surface area contributed by atoms with Crippen molar-refractivity contribution in [2.75, 3.05) is 5.32 Å². The molecule has 1 unspecified atom stereocenters. The Morgan fingerprint density at radius 1 is 1.30 bits per heavy atom. The molecule has 23 heavy (non-hydrogen) atoms. The molecule has 0 aliphatic heterocycles. The molecular weight excluding hydrogens is 356 g/mol. The molecule has 5 nitrogen and oxygen atoms in total. The number of aliphatic hydroxyl groups excluding tert-OH is 1. The van der Waals surface area contributed by atoms with Crippen LogP contribution in [0.4, 0.5) is 5.82 Å². The summed E-state index contributed by atoms with van der Waals surface area (Å²) in [6.07, 6.45) is 9.53. The highest BCUT2D eigenvalue weighted by atomic mass is 79.9. The molecule has 2 heterocycles. The second kappa shape index (κ2) is 6.24. The highest BCUT2D eigenvalue weighted by Gasteiger charge is 2.34. The van der Waals surface area contributed by atoms with Gasteiger partial charge in [-0.2, -0.15) is 0 Å². The van der Waals surface area contributed by atoms with Gasteiger partial charge in [-0.3, -0.25) is 0 Å². The SMILES string of the molecule is O[C@@H]1CC(Cn2ccnc2)C[C@H]1Nc1ccc(Br)c(C2CC2)n1. The van der Waals surface area contributed by atoms with Crippen LogP contribution >= 0.6 is 15.9 Å². The number of nitrogens with zero attached hydrogens (tertiary/aromatic N) is 3. The predicted octanol–water partition coefficient (Wildman–Crippen LogP) is 3.17. The molecule has 0 saturated heterocycles. The summed E-state index contributed by atoms with van der Waals surface area (Å²) in [6.45, 7) is 0.913. The number of nitrogens with one attached hydrogen (secondary N) is 1. The first-order valence-corrected chi connectivity index (χ1v) is 9.05. The Morgan fingerprint density at radius 3 is 2.91 bits per heavy atom. The molecule has 2 aliphatic carbocycles. The van der Waals surface area contributed by atoms with E-state index in [1.807, 2.05) is 18.6 Å². The Balaban J connectivity index is 1.41. The smallest absolute Gasteiger partial charge is 0.126 e. The van der Waals surface area contributed by atoms with Crippen LogP contribution in [-0.2, 0) is 6.54 Å². The van der Waals surface area contributed by atoms with Gasteiger partial charge in [0.25, 0.3) is 0 Å². The van der Waals surface area contributed by atoms with Crippen LogP contribution in [0.25, 0.3) is 0 Å². The molecular formula is C17H21BrN4O. The van der Waals surface area contributed by atoms with Gasteiger partial charge in [0.15, 0.2) is 0 Å². The van der Waals surface area contributed by atoms with E-state index >= 15 is 0 Å². The average Bonchev–Trinajstić information content (AvgIpc) is 3.15. The third-order valence-corrected chi connectivity index (χ3v) is 5.50. The number of aromatic nitrogens is 3. The number of hydrogen-bond donors (Lipinski definition) is 2. The van der Waals surface area contributed by atoms with Crippen molar-refractivity contribution in [1.29, 1.82) is 0 Å². The summed E-state index contributed by atoms with van der Waals surface area (Å²) in [7, 11) is 0. The van der Waals surface area contributed by atoms with E-state index in [9.17, 15) is 5.11 Å². The highest BCUT2D eigenvalue weighted by molar-refractivity contribution is 9.10. The average molecular weight is 377 g/mol. The summed E-state index contributed by atoms with van der Waals surface area (Å²) in [6, 6.07) is 4.13. The zero-order valence-electron chi connectivity index (χ0n) is 12.9. The van der Waals surface area contributed by atoms with Gasteiger partial charge >= 0.3 is 0 Å². The van der Waals surface area contributed by atoms with E-state index in [-0.39, 0.29) is 12.1 Å². The molecule has 0 amide bonds.